The Hall–Kier alpha value is -3.14. The van der Waals surface area contributed by atoms with E-state index >= 15 is 0 Å². The number of rotatable bonds is 6. The number of carbonyl (C=O) groups is 4. The van der Waals surface area contributed by atoms with Crippen LogP contribution in [0.15, 0.2) is 24.3 Å². The van der Waals surface area contributed by atoms with Gasteiger partial charge in [0.15, 0.2) is 24.5 Å². The molecule has 0 N–H and O–H groups in total. The van der Waals surface area contributed by atoms with Crippen LogP contribution in [-0.2, 0) is 49.3 Å². The molecule has 10 nitrogen and oxygen atoms in total. The molecule has 0 radical (unpaired) electrons. The van der Waals surface area contributed by atoms with Crippen LogP contribution in [-0.4, -0.2) is 67.7 Å². The van der Waals surface area contributed by atoms with Crippen LogP contribution in [0.25, 0.3) is 0 Å². The molecule has 2 aliphatic rings. The van der Waals surface area contributed by atoms with Crippen LogP contribution in [0.5, 0.6) is 0 Å². The number of esters is 4. The SMILES string of the molecule is CC(=O)OC[C@@H]1O[C@@H](N2CCc3ccccc32)[C@@H](OC(C)=O)[C@@H](OC(C)=O)[C@H]1OC(C)=O. The Morgan fingerprint density at radius 3 is 2.09 bits per heavy atom. The zero-order valence-electron chi connectivity index (χ0n) is 18.4. The summed E-state index contributed by atoms with van der Waals surface area (Å²) in [5.74, 6) is -2.48. The number of para-hydroxylation sites is 1. The monoisotopic (exact) mass is 449 g/mol. The molecule has 1 fully saturated rings. The van der Waals surface area contributed by atoms with E-state index in [1.54, 1.807) is 0 Å². The first-order valence-electron chi connectivity index (χ1n) is 10.3. The fourth-order valence-electron chi connectivity index (χ4n) is 4.08. The fourth-order valence-corrected chi connectivity index (χ4v) is 4.08. The Bertz CT molecular complexity index is 886. The van der Waals surface area contributed by atoms with Crippen molar-refractivity contribution in [2.24, 2.45) is 0 Å². The van der Waals surface area contributed by atoms with Crippen molar-refractivity contribution in [2.45, 2.75) is 64.8 Å². The minimum atomic E-state index is -1.17. The van der Waals surface area contributed by atoms with Crippen LogP contribution < -0.4 is 4.90 Å². The smallest absolute Gasteiger partial charge is 0.303 e. The minimum Gasteiger partial charge on any atom is -0.463 e. The summed E-state index contributed by atoms with van der Waals surface area (Å²) in [7, 11) is 0. The van der Waals surface area contributed by atoms with Crippen molar-refractivity contribution in [3.63, 3.8) is 0 Å². The van der Waals surface area contributed by atoms with Gasteiger partial charge in [0.2, 0.25) is 0 Å². The Morgan fingerprint density at radius 1 is 0.875 bits per heavy atom. The Balaban J connectivity index is 2.03. The summed E-state index contributed by atoms with van der Waals surface area (Å²) < 4.78 is 27.8. The van der Waals surface area contributed by atoms with E-state index in [9.17, 15) is 19.2 Å². The first-order valence-corrected chi connectivity index (χ1v) is 10.3. The maximum atomic E-state index is 12.0. The highest BCUT2D eigenvalue weighted by Gasteiger charge is 2.54. The number of nitrogens with zero attached hydrogens (tertiary/aromatic N) is 1. The molecule has 1 aromatic carbocycles. The van der Waals surface area contributed by atoms with E-state index in [1.807, 2.05) is 29.2 Å². The van der Waals surface area contributed by atoms with E-state index in [2.05, 4.69) is 0 Å². The number of ether oxygens (including phenoxy) is 5. The van der Waals surface area contributed by atoms with Crippen LogP contribution in [0.2, 0.25) is 0 Å². The van der Waals surface area contributed by atoms with Crippen LogP contribution in [0.3, 0.4) is 0 Å². The number of benzene rings is 1. The van der Waals surface area contributed by atoms with E-state index in [-0.39, 0.29) is 6.61 Å². The molecule has 0 amide bonds. The van der Waals surface area contributed by atoms with E-state index in [0.29, 0.717) is 6.54 Å². The number of carbonyl (C=O) groups excluding carboxylic acids is 4. The molecule has 1 saturated heterocycles. The molecule has 174 valence electrons. The molecule has 0 bridgehead atoms. The van der Waals surface area contributed by atoms with E-state index < -0.39 is 54.5 Å². The third-order valence-corrected chi connectivity index (χ3v) is 5.20. The summed E-state index contributed by atoms with van der Waals surface area (Å²) in [6, 6.07) is 7.70. The van der Waals surface area contributed by atoms with Gasteiger partial charge < -0.3 is 28.6 Å². The van der Waals surface area contributed by atoms with Gasteiger partial charge in [-0.2, -0.15) is 0 Å². The summed E-state index contributed by atoms with van der Waals surface area (Å²) in [5.41, 5.74) is 1.97. The standard InChI is InChI=1S/C22H27NO9/c1-12(24)28-11-18-19(29-13(2)25)20(30-14(3)26)21(31-15(4)27)22(32-18)23-10-9-16-7-5-6-8-17(16)23/h5-8,18-22H,9-11H2,1-4H3/t18-,19-,20-,21-,22+/m0/s1. The van der Waals surface area contributed by atoms with E-state index in [0.717, 1.165) is 17.7 Å². The largest absolute Gasteiger partial charge is 0.463 e. The maximum absolute atomic E-state index is 12.0. The Labute approximate surface area is 185 Å². The van der Waals surface area contributed by atoms with Gasteiger partial charge in [0.25, 0.3) is 0 Å². The minimum absolute atomic E-state index is 0.246. The summed E-state index contributed by atoms with van der Waals surface area (Å²) in [4.78, 5) is 49.0. The van der Waals surface area contributed by atoms with Crippen LogP contribution in [0.1, 0.15) is 33.3 Å². The van der Waals surface area contributed by atoms with Gasteiger partial charge in [-0.15, -0.1) is 0 Å². The molecular formula is C22H27NO9. The van der Waals surface area contributed by atoms with Crippen molar-refractivity contribution in [2.75, 3.05) is 18.1 Å². The molecule has 2 heterocycles. The summed E-state index contributed by atoms with van der Waals surface area (Å²) in [5, 5.41) is 0. The normalized spacial score (nSPS) is 26.6. The van der Waals surface area contributed by atoms with Crippen molar-refractivity contribution in [3.8, 4) is 0 Å². The van der Waals surface area contributed by atoms with Gasteiger partial charge in [0, 0.05) is 39.9 Å². The Morgan fingerprint density at radius 2 is 1.47 bits per heavy atom. The fraction of sp³-hybridized carbons (Fsp3) is 0.545. The van der Waals surface area contributed by atoms with Crippen molar-refractivity contribution >= 4 is 29.6 Å². The second-order valence-electron chi connectivity index (χ2n) is 7.66. The van der Waals surface area contributed by atoms with Gasteiger partial charge in [0.05, 0.1) is 0 Å². The number of fused-ring (bicyclic) bond motifs is 1. The van der Waals surface area contributed by atoms with Crippen molar-refractivity contribution in [1.82, 2.24) is 0 Å². The molecule has 32 heavy (non-hydrogen) atoms. The molecule has 5 atom stereocenters. The van der Waals surface area contributed by atoms with Crippen molar-refractivity contribution < 1.29 is 42.9 Å². The van der Waals surface area contributed by atoms with Gasteiger partial charge in [-0.1, -0.05) is 18.2 Å². The second-order valence-corrected chi connectivity index (χ2v) is 7.66. The number of anilines is 1. The topological polar surface area (TPSA) is 118 Å². The van der Waals surface area contributed by atoms with E-state index in [4.69, 9.17) is 23.7 Å². The molecule has 0 unspecified atom stereocenters. The third-order valence-electron chi connectivity index (χ3n) is 5.20. The van der Waals surface area contributed by atoms with Crippen LogP contribution in [0, 0.1) is 0 Å². The second kappa shape index (κ2) is 9.99. The molecular weight excluding hydrogens is 422 g/mol. The lowest BCUT2D eigenvalue weighted by Gasteiger charge is -2.47. The predicted molar refractivity (Wildman–Crippen MR) is 109 cm³/mol. The van der Waals surface area contributed by atoms with Gasteiger partial charge in [-0.05, 0) is 18.1 Å². The maximum Gasteiger partial charge on any atom is 0.303 e. The molecule has 10 heteroatoms. The van der Waals surface area contributed by atoms with Gasteiger partial charge in [-0.3, -0.25) is 19.2 Å². The van der Waals surface area contributed by atoms with Crippen molar-refractivity contribution in [1.29, 1.82) is 0 Å². The highest BCUT2D eigenvalue weighted by Crippen LogP contribution is 2.37. The molecule has 3 rings (SSSR count). The molecule has 0 saturated carbocycles. The van der Waals surface area contributed by atoms with E-state index in [1.165, 1.54) is 27.7 Å². The van der Waals surface area contributed by atoms with Crippen molar-refractivity contribution in [3.05, 3.63) is 29.8 Å². The quantitative estimate of drug-likeness (QED) is 0.462. The lowest BCUT2D eigenvalue weighted by molar-refractivity contribution is -0.252. The molecule has 2 aliphatic heterocycles. The summed E-state index contributed by atoms with van der Waals surface area (Å²) in [6.45, 7) is 5.18. The third kappa shape index (κ3) is 5.37. The highest BCUT2D eigenvalue weighted by molar-refractivity contribution is 5.69. The van der Waals surface area contributed by atoms with Crippen LogP contribution in [0.4, 0.5) is 5.69 Å². The molecule has 0 aliphatic carbocycles. The molecule has 0 spiro atoms. The van der Waals surface area contributed by atoms with Gasteiger partial charge in [-0.25, -0.2) is 0 Å². The molecule has 1 aromatic rings. The summed E-state index contributed by atoms with van der Waals surface area (Å²) in [6.07, 6.45) is -4.53. The lowest BCUT2D eigenvalue weighted by atomic mass is 9.96. The number of hydrogen-bond donors (Lipinski definition) is 0. The average Bonchev–Trinajstić information content (AvgIpc) is 3.12. The highest BCUT2D eigenvalue weighted by atomic mass is 16.7. The lowest BCUT2D eigenvalue weighted by Crippen LogP contribution is -2.66. The van der Waals surface area contributed by atoms with Crippen LogP contribution >= 0.6 is 0 Å². The number of hydrogen-bond acceptors (Lipinski definition) is 10. The first kappa shape index (κ1) is 23.5. The van der Waals surface area contributed by atoms with Gasteiger partial charge in [0.1, 0.15) is 12.7 Å². The zero-order valence-corrected chi connectivity index (χ0v) is 18.4. The molecule has 0 aromatic heterocycles. The Kier molecular flexibility index (Phi) is 7.34. The predicted octanol–water partition coefficient (Wildman–Crippen LogP) is 1.13. The average molecular weight is 449 g/mol. The first-order chi connectivity index (χ1) is 15.2. The van der Waals surface area contributed by atoms with Gasteiger partial charge >= 0.3 is 23.9 Å². The zero-order chi connectivity index (χ0) is 23.4. The summed E-state index contributed by atoms with van der Waals surface area (Å²) >= 11 is 0.